The molecule has 2 N–H and O–H groups in total. The first-order chi connectivity index (χ1) is 1.73. The Balaban J connectivity index is 0. The number of hydrogen-bond donors (Lipinski definition) is 2. The summed E-state index contributed by atoms with van der Waals surface area (Å²) in [6.45, 7) is 0. The van der Waals surface area contributed by atoms with Crippen molar-refractivity contribution < 1.29 is 15.0 Å². The molecule has 0 spiro atoms. The van der Waals surface area contributed by atoms with Crippen LogP contribution in [0.1, 0.15) is 0 Å². The number of carbonyl (C=O) groups is 1. The first-order valence-electron chi connectivity index (χ1n) is 0.651. The van der Waals surface area contributed by atoms with Crippen LogP contribution in [0.2, 0.25) is 0 Å². The fraction of sp³-hybridized carbons (Fsp3) is 0. The Kier molecular flexibility index (Phi) is 8.25. The summed E-state index contributed by atoms with van der Waals surface area (Å²) in [5.74, 6) is 0. The molecule has 0 saturated carbocycles. The van der Waals surface area contributed by atoms with Crippen LogP contribution in [-0.4, -0.2) is 54.1 Å². The minimum Gasteiger partial charge on any atom is -0.450 e. The molecule has 0 aromatic rings. The van der Waals surface area contributed by atoms with E-state index in [0.29, 0.717) is 0 Å². The van der Waals surface area contributed by atoms with Gasteiger partial charge in [-0.1, -0.05) is 0 Å². The van der Waals surface area contributed by atoms with Crippen molar-refractivity contribution >= 4 is 43.9 Å². The Morgan fingerprint density at radius 1 is 1.40 bits per heavy atom. The van der Waals surface area contributed by atoms with Gasteiger partial charge in [0.05, 0.1) is 0 Å². The van der Waals surface area contributed by atoms with Crippen molar-refractivity contribution in [3.8, 4) is 0 Å². The molecule has 2 radical (unpaired) electrons. The molecule has 0 aliphatic carbocycles. The van der Waals surface area contributed by atoms with Gasteiger partial charge in [0.1, 0.15) is 0 Å². The normalized spacial score (nSPS) is 4.80. The standard InChI is InChI=1S/CH2O3.Ca/c2-1(3)4;/h(H2,2,3,4);. The fourth-order valence-corrected chi connectivity index (χ4v) is 0. The third-order valence-corrected chi connectivity index (χ3v) is 0. The van der Waals surface area contributed by atoms with Crippen LogP contribution in [-0.2, 0) is 0 Å². The summed E-state index contributed by atoms with van der Waals surface area (Å²) in [5.41, 5.74) is 0. The Hall–Kier alpha value is 0.530. The van der Waals surface area contributed by atoms with Gasteiger partial charge in [0.25, 0.3) is 0 Å². The maximum atomic E-state index is 8.56. The predicted octanol–water partition coefficient (Wildman–Crippen LogP) is -0.158. The molecule has 0 atom stereocenters. The van der Waals surface area contributed by atoms with E-state index in [1.54, 1.807) is 0 Å². The molecule has 0 aliphatic rings. The van der Waals surface area contributed by atoms with Gasteiger partial charge in [0.15, 0.2) is 0 Å². The summed E-state index contributed by atoms with van der Waals surface area (Å²) in [4.78, 5) is 8.56. The zero-order valence-corrected chi connectivity index (χ0v) is 4.72. The van der Waals surface area contributed by atoms with Gasteiger partial charge in [-0.05, 0) is 0 Å². The quantitative estimate of drug-likeness (QED) is 0.418. The van der Waals surface area contributed by atoms with Crippen LogP contribution < -0.4 is 0 Å². The summed E-state index contributed by atoms with van der Waals surface area (Å²) in [6.07, 6.45) is -1.83. The van der Waals surface area contributed by atoms with E-state index in [1.807, 2.05) is 0 Å². The Morgan fingerprint density at radius 2 is 1.40 bits per heavy atom. The summed E-state index contributed by atoms with van der Waals surface area (Å²) >= 11 is 0. The van der Waals surface area contributed by atoms with Crippen LogP contribution in [0.4, 0.5) is 4.79 Å². The summed E-state index contributed by atoms with van der Waals surface area (Å²) in [6, 6.07) is 0. The van der Waals surface area contributed by atoms with E-state index in [0.717, 1.165) is 0 Å². The molecular weight excluding hydrogens is 100 g/mol. The summed E-state index contributed by atoms with van der Waals surface area (Å²) in [7, 11) is 0. The zero-order chi connectivity index (χ0) is 3.58. The largest absolute Gasteiger partial charge is 0.503 e. The molecule has 0 aromatic heterocycles. The van der Waals surface area contributed by atoms with Gasteiger partial charge in [-0.25, -0.2) is 4.79 Å². The molecule has 0 heterocycles. The van der Waals surface area contributed by atoms with Crippen molar-refractivity contribution in [3.05, 3.63) is 0 Å². The monoisotopic (exact) mass is 102 g/mol. The minimum atomic E-state index is -1.83. The third kappa shape index (κ3) is 103. The van der Waals surface area contributed by atoms with Crippen molar-refractivity contribution in [1.29, 1.82) is 0 Å². The van der Waals surface area contributed by atoms with E-state index in [4.69, 9.17) is 15.0 Å². The SMILES string of the molecule is O=C(O)O.[Ca]. The van der Waals surface area contributed by atoms with E-state index < -0.39 is 6.16 Å². The zero-order valence-electron chi connectivity index (χ0n) is 2.51. The van der Waals surface area contributed by atoms with Gasteiger partial charge in [-0.3, -0.25) is 0 Å². The molecule has 0 unspecified atom stereocenters. The van der Waals surface area contributed by atoms with Gasteiger partial charge in [0.2, 0.25) is 0 Å². The van der Waals surface area contributed by atoms with Gasteiger partial charge in [-0.15, -0.1) is 0 Å². The minimum absolute atomic E-state index is 0. The van der Waals surface area contributed by atoms with E-state index in [2.05, 4.69) is 0 Å². The Bertz CT molecular complexity index is 29.9. The second-order valence-electron chi connectivity index (χ2n) is 0.283. The van der Waals surface area contributed by atoms with E-state index in [1.165, 1.54) is 0 Å². The van der Waals surface area contributed by atoms with Crippen LogP contribution >= 0.6 is 0 Å². The average molecular weight is 102 g/mol. The number of rotatable bonds is 0. The second kappa shape index (κ2) is 4.53. The van der Waals surface area contributed by atoms with Crippen LogP contribution in [0.15, 0.2) is 0 Å². The van der Waals surface area contributed by atoms with E-state index in [9.17, 15) is 0 Å². The van der Waals surface area contributed by atoms with Crippen molar-refractivity contribution in [2.75, 3.05) is 0 Å². The van der Waals surface area contributed by atoms with Gasteiger partial charge in [-0.2, -0.15) is 0 Å². The average Bonchev–Trinajstić information content (AvgIpc) is 0.811. The number of hydrogen-bond acceptors (Lipinski definition) is 1. The molecule has 0 bridgehead atoms. The molecule has 0 aromatic carbocycles. The summed E-state index contributed by atoms with van der Waals surface area (Å²) < 4.78 is 0. The van der Waals surface area contributed by atoms with Crippen molar-refractivity contribution in [3.63, 3.8) is 0 Å². The topological polar surface area (TPSA) is 57.5 Å². The predicted molar refractivity (Wildman–Crippen MR) is 16.4 cm³/mol. The first-order valence-corrected chi connectivity index (χ1v) is 0.651. The molecule has 3 nitrogen and oxygen atoms in total. The molecular formula is CH2CaO3. The van der Waals surface area contributed by atoms with Crippen LogP contribution in [0, 0.1) is 0 Å². The molecule has 0 aliphatic heterocycles. The molecule has 0 saturated heterocycles. The second-order valence-corrected chi connectivity index (χ2v) is 0.283. The van der Waals surface area contributed by atoms with Crippen molar-refractivity contribution in [2.45, 2.75) is 0 Å². The summed E-state index contributed by atoms with van der Waals surface area (Å²) in [5, 5.41) is 13.9. The fourth-order valence-electron chi connectivity index (χ4n) is 0. The van der Waals surface area contributed by atoms with Crippen molar-refractivity contribution in [2.24, 2.45) is 0 Å². The first kappa shape index (κ1) is 9.11. The Morgan fingerprint density at radius 3 is 1.40 bits per heavy atom. The molecule has 0 rings (SSSR count). The number of carboxylic acid groups (broad SMARTS) is 2. The Labute approximate surface area is 58.6 Å². The van der Waals surface area contributed by atoms with Gasteiger partial charge < -0.3 is 10.2 Å². The van der Waals surface area contributed by atoms with E-state index in [-0.39, 0.29) is 37.7 Å². The molecule has 5 heavy (non-hydrogen) atoms. The van der Waals surface area contributed by atoms with Gasteiger partial charge >= 0.3 is 6.16 Å². The molecule has 26 valence electrons. The maximum absolute atomic E-state index is 8.56. The third-order valence-electron chi connectivity index (χ3n) is 0. The van der Waals surface area contributed by atoms with Crippen LogP contribution in [0.3, 0.4) is 0 Å². The van der Waals surface area contributed by atoms with Crippen LogP contribution in [0.25, 0.3) is 0 Å². The maximum Gasteiger partial charge on any atom is 0.503 e. The van der Waals surface area contributed by atoms with Crippen LogP contribution in [0.5, 0.6) is 0 Å². The van der Waals surface area contributed by atoms with Gasteiger partial charge in [0, 0.05) is 37.7 Å². The molecule has 0 amide bonds. The smallest absolute Gasteiger partial charge is 0.450 e. The van der Waals surface area contributed by atoms with E-state index >= 15 is 0 Å². The molecule has 0 fully saturated rings. The molecule has 4 heteroatoms. The van der Waals surface area contributed by atoms with Crippen molar-refractivity contribution in [1.82, 2.24) is 0 Å².